The molecule has 1 unspecified atom stereocenters. The first-order chi connectivity index (χ1) is 8.63. The zero-order valence-corrected chi connectivity index (χ0v) is 10.5. The van der Waals surface area contributed by atoms with E-state index < -0.39 is 17.7 Å². The lowest BCUT2D eigenvalue weighted by Gasteiger charge is -2.10. The summed E-state index contributed by atoms with van der Waals surface area (Å²) >= 11 is 1.08. The Kier molecular flexibility index (Phi) is 3.98. The molecule has 1 aromatic carbocycles. The van der Waals surface area contributed by atoms with Gasteiger partial charge in [0.2, 0.25) is 0 Å². The summed E-state index contributed by atoms with van der Waals surface area (Å²) in [6.45, 7) is 1.90. The van der Waals surface area contributed by atoms with Crippen LogP contribution in [0.25, 0.3) is 0 Å². The van der Waals surface area contributed by atoms with Gasteiger partial charge in [-0.15, -0.1) is 5.10 Å². The molecule has 18 heavy (non-hydrogen) atoms. The minimum Gasteiger partial charge on any atom is -0.387 e. The lowest BCUT2D eigenvalue weighted by Crippen LogP contribution is -2.05. The summed E-state index contributed by atoms with van der Waals surface area (Å²) in [5, 5.41) is 13.9. The molecule has 1 N–H and O–H groups in total. The molecule has 1 atom stereocenters. The van der Waals surface area contributed by atoms with E-state index in [2.05, 4.69) is 9.59 Å². The molecular weight excluding hydrogens is 258 g/mol. The molecule has 96 valence electrons. The second kappa shape index (κ2) is 5.49. The number of benzene rings is 1. The van der Waals surface area contributed by atoms with Crippen LogP contribution in [0.5, 0.6) is 0 Å². The molecule has 0 amide bonds. The van der Waals surface area contributed by atoms with E-state index in [0.717, 1.165) is 17.6 Å². The maximum Gasteiger partial charge on any atom is 0.162 e. The zero-order chi connectivity index (χ0) is 13.1. The van der Waals surface area contributed by atoms with Crippen LogP contribution in [0, 0.1) is 11.6 Å². The Morgan fingerprint density at radius 3 is 2.89 bits per heavy atom. The van der Waals surface area contributed by atoms with E-state index >= 15 is 0 Å². The number of aryl methyl sites for hydroxylation is 1. The molecule has 3 nitrogen and oxygen atoms in total. The molecule has 0 fully saturated rings. The molecule has 0 aliphatic rings. The van der Waals surface area contributed by atoms with E-state index in [4.69, 9.17) is 0 Å². The first-order valence-corrected chi connectivity index (χ1v) is 6.33. The standard InChI is InChI=1S/C12H12F2N2OS/c1-2-9-12(18-16-15-9)10(17)6-7-4-3-5-8(13)11(7)14/h3-5,10,17H,2,6H2,1H3. The van der Waals surface area contributed by atoms with Gasteiger partial charge in [-0.05, 0) is 29.6 Å². The van der Waals surface area contributed by atoms with Gasteiger partial charge in [0.25, 0.3) is 0 Å². The van der Waals surface area contributed by atoms with Crippen molar-refractivity contribution in [1.82, 2.24) is 9.59 Å². The number of rotatable bonds is 4. The van der Waals surface area contributed by atoms with Crippen molar-refractivity contribution in [1.29, 1.82) is 0 Å². The summed E-state index contributed by atoms with van der Waals surface area (Å²) in [7, 11) is 0. The molecule has 1 aromatic heterocycles. The van der Waals surface area contributed by atoms with E-state index in [1.165, 1.54) is 12.1 Å². The fraction of sp³-hybridized carbons (Fsp3) is 0.333. The number of hydrogen-bond acceptors (Lipinski definition) is 4. The van der Waals surface area contributed by atoms with Crippen molar-refractivity contribution in [2.75, 3.05) is 0 Å². The number of aliphatic hydroxyl groups is 1. The highest BCUT2D eigenvalue weighted by molar-refractivity contribution is 7.05. The molecule has 2 aromatic rings. The average molecular weight is 270 g/mol. The number of nitrogens with zero attached hydrogens (tertiary/aromatic N) is 2. The Morgan fingerprint density at radius 1 is 1.39 bits per heavy atom. The van der Waals surface area contributed by atoms with Crippen LogP contribution in [0.4, 0.5) is 8.78 Å². The van der Waals surface area contributed by atoms with Crippen LogP contribution in [-0.2, 0) is 12.8 Å². The lowest BCUT2D eigenvalue weighted by atomic mass is 10.0. The largest absolute Gasteiger partial charge is 0.387 e. The summed E-state index contributed by atoms with van der Waals surface area (Å²) in [6.07, 6.45) is -0.245. The molecule has 0 aliphatic carbocycles. The van der Waals surface area contributed by atoms with Crippen molar-refractivity contribution >= 4 is 11.5 Å². The normalized spacial score (nSPS) is 12.7. The highest BCUT2D eigenvalue weighted by Gasteiger charge is 2.19. The predicted molar refractivity (Wildman–Crippen MR) is 64.3 cm³/mol. The van der Waals surface area contributed by atoms with E-state index in [0.29, 0.717) is 17.0 Å². The van der Waals surface area contributed by atoms with Crippen molar-refractivity contribution in [2.24, 2.45) is 0 Å². The van der Waals surface area contributed by atoms with Gasteiger partial charge >= 0.3 is 0 Å². The smallest absolute Gasteiger partial charge is 0.162 e. The number of hydrogen-bond donors (Lipinski definition) is 1. The topological polar surface area (TPSA) is 46.0 Å². The molecule has 0 aliphatic heterocycles. The zero-order valence-electron chi connectivity index (χ0n) is 9.73. The minimum atomic E-state index is -0.910. The van der Waals surface area contributed by atoms with Crippen molar-refractivity contribution in [2.45, 2.75) is 25.9 Å². The van der Waals surface area contributed by atoms with Crippen LogP contribution in [0.3, 0.4) is 0 Å². The predicted octanol–water partition coefficient (Wildman–Crippen LogP) is 2.65. The molecule has 1 heterocycles. The van der Waals surface area contributed by atoms with Gasteiger partial charge in [-0.25, -0.2) is 8.78 Å². The first kappa shape index (κ1) is 13.0. The van der Waals surface area contributed by atoms with Crippen molar-refractivity contribution in [3.63, 3.8) is 0 Å². The monoisotopic (exact) mass is 270 g/mol. The third kappa shape index (κ3) is 2.54. The molecule has 6 heteroatoms. The summed E-state index contributed by atoms with van der Waals surface area (Å²) < 4.78 is 30.3. The number of aromatic nitrogens is 2. The quantitative estimate of drug-likeness (QED) is 0.929. The fourth-order valence-corrected chi connectivity index (χ4v) is 2.44. The van der Waals surface area contributed by atoms with E-state index in [1.54, 1.807) is 0 Å². The van der Waals surface area contributed by atoms with Gasteiger partial charge in [0.05, 0.1) is 16.7 Å². The van der Waals surface area contributed by atoms with E-state index in [1.807, 2.05) is 6.92 Å². The average Bonchev–Trinajstić information content (AvgIpc) is 2.83. The summed E-state index contributed by atoms with van der Waals surface area (Å²) in [6, 6.07) is 3.94. The van der Waals surface area contributed by atoms with Crippen molar-refractivity contribution in [3.05, 3.63) is 46.0 Å². The second-order valence-corrected chi connectivity index (χ2v) is 4.66. The number of halogens is 2. The van der Waals surface area contributed by atoms with Gasteiger partial charge in [0.15, 0.2) is 11.6 Å². The van der Waals surface area contributed by atoms with Gasteiger partial charge in [0.1, 0.15) is 0 Å². The fourth-order valence-electron chi connectivity index (χ4n) is 1.72. The molecule has 0 radical (unpaired) electrons. The third-order valence-electron chi connectivity index (χ3n) is 2.67. The molecule has 2 rings (SSSR count). The van der Waals surface area contributed by atoms with Crippen LogP contribution < -0.4 is 0 Å². The summed E-state index contributed by atoms with van der Waals surface area (Å²) in [5.41, 5.74) is 0.849. The van der Waals surface area contributed by atoms with Crippen LogP contribution in [0.15, 0.2) is 18.2 Å². The van der Waals surface area contributed by atoms with Crippen LogP contribution in [-0.4, -0.2) is 14.7 Å². The summed E-state index contributed by atoms with van der Waals surface area (Å²) in [5.74, 6) is -1.81. The Hall–Kier alpha value is -1.40. The molecule has 0 saturated carbocycles. The van der Waals surface area contributed by atoms with Gasteiger partial charge in [0, 0.05) is 6.42 Å². The molecule has 0 saturated heterocycles. The Bertz CT molecular complexity index is 545. The Balaban J connectivity index is 2.21. The molecule has 0 spiro atoms. The van der Waals surface area contributed by atoms with Crippen LogP contribution in [0.1, 0.15) is 29.2 Å². The van der Waals surface area contributed by atoms with E-state index in [-0.39, 0.29) is 12.0 Å². The van der Waals surface area contributed by atoms with Gasteiger partial charge < -0.3 is 5.11 Å². The lowest BCUT2D eigenvalue weighted by molar-refractivity contribution is 0.179. The molecular formula is C12H12F2N2OS. The highest BCUT2D eigenvalue weighted by atomic mass is 32.1. The van der Waals surface area contributed by atoms with Gasteiger partial charge in [-0.2, -0.15) is 0 Å². The Morgan fingerprint density at radius 2 is 2.17 bits per heavy atom. The highest BCUT2D eigenvalue weighted by Crippen LogP contribution is 2.25. The van der Waals surface area contributed by atoms with Gasteiger partial charge in [-0.3, -0.25) is 0 Å². The van der Waals surface area contributed by atoms with Crippen molar-refractivity contribution < 1.29 is 13.9 Å². The first-order valence-electron chi connectivity index (χ1n) is 5.55. The third-order valence-corrected chi connectivity index (χ3v) is 3.54. The SMILES string of the molecule is CCc1nnsc1C(O)Cc1cccc(F)c1F. The van der Waals surface area contributed by atoms with Crippen LogP contribution in [0.2, 0.25) is 0 Å². The Labute approximate surface area is 107 Å². The maximum absolute atomic E-state index is 13.5. The van der Waals surface area contributed by atoms with Crippen LogP contribution >= 0.6 is 11.5 Å². The summed E-state index contributed by atoms with van der Waals surface area (Å²) in [4.78, 5) is 0.612. The minimum absolute atomic E-state index is 0.0144. The van der Waals surface area contributed by atoms with E-state index in [9.17, 15) is 13.9 Å². The van der Waals surface area contributed by atoms with Crippen molar-refractivity contribution in [3.8, 4) is 0 Å². The number of aliphatic hydroxyl groups excluding tert-OH is 1. The van der Waals surface area contributed by atoms with Gasteiger partial charge in [-0.1, -0.05) is 23.5 Å². The second-order valence-electron chi connectivity index (χ2n) is 3.87. The maximum atomic E-state index is 13.5. The molecule has 0 bridgehead atoms.